The van der Waals surface area contributed by atoms with Crippen molar-refractivity contribution in [1.29, 1.82) is 0 Å². The number of anilines is 2. The minimum Gasteiger partial charge on any atom is -0.550 e. The van der Waals surface area contributed by atoms with Crippen molar-refractivity contribution in [1.82, 2.24) is 9.80 Å². The number of nitrogens with one attached hydrogen (secondary N) is 2. The smallest absolute Gasteiger partial charge is 0.317 e. The number of carbonyl (C=O) groups is 5. The normalized spacial score (nSPS) is 15.3. The number of carboxylic acids is 3. The van der Waals surface area contributed by atoms with E-state index in [2.05, 4.69) is 10.6 Å². The molecule has 0 aliphatic carbocycles. The van der Waals surface area contributed by atoms with Crippen molar-refractivity contribution >= 4 is 41.1 Å². The first kappa shape index (κ1) is 28.0. The molecule has 4 N–H and O–H groups in total. The van der Waals surface area contributed by atoms with Gasteiger partial charge in [0, 0.05) is 36.1 Å². The summed E-state index contributed by atoms with van der Waals surface area (Å²) in [5.74, 6) is -4.16. The summed E-state index contributed by atoms with van der Waals surface area (Å²) in [6, 6.07) is 6.58. The molecule has 2 rings (SSSR count). The van der Waals surface area contributed by atoms with Crippen LogP contribution in [-0.2, 0) is 41.0 Å². The second-order valence-corrected chi connectivity index (χ2v) is 6.34. The van der Waals surface area contributed by atoms with Crippen LogP contribution in [0, 0.1) is 0 Å². The molecule has 13 heteroatoms. The summed E-state index contributed by atoms with van der Waals surface area (Å²) >= 11 is 0. The van der Waals surface area contributed by atoms with Crippen molar-refractivity contribution in [3.05, 3.63) is 24.3 Å². The third-order valence-electron chi connectivity index (χ3n) is 3.66. The first-order valence-corrected chi connectivity index (χ1v) is 8.81. The summed E-state index contributed by atoms with van der Waals surface area (Å²) in [7, 11) is 0. The van der Waals surface area contributed by atoms with Gasteiger partial charge in [0.15, 0.2) is 0 Å². The minimum atomic E-state index is -1.10. The number of para-hydroxylation sites is 2. The Balaban J connectivity index is 0.00000165. The maximum Gasteiger partial charge on any atom is 0.317 e. The molecular formula is C18H23MnN4O8-. The molecule has 1 heterocycles. The maximum atomic E-state index is 12.2. The molecule has 0 saturated heterocycles. The van der Waals surface area contributed by atoms with E-state index in [1.807, 2.05) is 0 Å². The van der Waals surface area contributed by atoms with Gasteiger partial charge in [0.1, 0.15) is 0 Å². The third-order valence-corrected chi connectivity index (χ3v) is 3.66. The number of amides is 2. The molecule has 0 unspecified atom stereocenters. The molecule has 0 spiro atoms. The molecule has 0 saturated carbocycles. The first-order valence-electron chi connectivity index (χ1n) is 8.81. The Kier molecular flexibility index (Phi) is 12.7. The van der Waals surface area contributed by atoms with Crippen LogP contribution in [-0.4, -0.2) is 89.0 Å². The summed E-state index contributed by atoms with van der Waals surface area (Å²) in [5, 5.41) is 32.2. The number of benzene rings is 1. The molecule has 0 bridgehead atoms. The van der Waals surface area contributed by atoms with Crippen molar-refractivity contribution in [2.45, 2.75) is 6.92 Å². The Morgan fingerprint density at radius 1 is 0.903 bits per heavy atom. The second-order valence-electron chi connectivity index (χ2n) is 6.34. The molecule has 2 amide bonds. The molecule has 0 fully saturated rings. The van der Waals surface area contributed by atoms with E-state index in [9.17, 15) is 19.2 Å². The number of hydrogen-bond acceptors (Lipinski definition) is 8. The number of rotatable bonds is 4. The van der Waals surface area contributed by atoms with Crippen LogP contribution >= 0.6 is 0 Å². The Bertz CT molecular complexity index is 742. The molecule has 31 heavy (non-hydrogen) atoms. The van der Waals surface area contributed by atoms with Gasteiger partial charge >= 0.3 is 11.9 Å². The van der Waals surface area contributed by atoms with Gasteiger partial charge in [0.2, 0.25) is 11.8 Å². The zero-order valence-corrected chi connectivity index (χ0v) is 17.8. The SMILES string of the molecule is CC(=O)[O-].O=C(O)CN1CCN(CC(=O)O)CC(=O)Nc2ccccc2NC(=O)C1.[Mn]. The second kappa shape index (κ2) is 14.1. The standard InChI is InChI=1S/C16H20N4O6.C2H4O2.Mn/c21-13-7-19(9-15(23)24)5-6-20(10-16(25)26)8-14(22)18-12-4-2-1-3-11(12)17-13;1-2(3)4;/h1-4H,5-10H2,(H,17,21)(H,18,22)(H,23,24)(H,25,26);1H3,(H,3,4);/p-1. The van der Waals surface area contributed by atoms with Gasteiger partial charge in [-0.3, -0.25) is 29.0 Å². The predicted octanol–water partition coefficient (Wildman–Crippen LogP) is -1.90. The fourth-order valence-corrected chi connectivity index (χ4v) is 2.58. The largest absolute Gasteiger partial charge is 0.550 e. The van der Waals surface area contributed by atoms with E-state index >= 15 is 0 Å². The van der Waals surface area contributed by atoms with Crippen molar-refractivity contribution < 1.29 is 56.4 Å². The van der Waals surface area contributed by atoms with Gasteiger partial charge < -0.3 is 30.7 Å². The number of carboxylic acid groups (broad SMARTS) is 3. The minimum absolute atomic E-state index is 0. The van der Waals surface area contributed by atoms with E-state index < -0.39 is 29.7 Å². The molecule has 1 aromatic rings. The third kappa shape index (κ3) is 12.3. The maximum absolute atomic E-state index is 12.2. The van der Waals surface area contributed by atoms with E-state index in [0.717, 1.165) is 6.92 Å². The van der Waals surface area contributed by atoms with E-state index in [1.165, 1.54) is 9.80 Å². The molecule has 1 aromatic carbocycles. The molecule has 1 radical (unpaired) electrons. The Labute approximate surface area is 188 Å². The molecule has 0 atom stereocenters. The van der Waals surface area contributed by atoms with Crippen LogP contribution in [0.2, 0.25) is 0 Å². The average molecular weight is 478 g/mol. The van der Waals surface area contributed by atoms with Gasteiger partial charge in [-0.25, -0.2) is 0 Å². The fourth-order valence-electron chi connectivity index (χ4n) is 2.58. The first-order chi connectivity index (χ1) is 14.1. The summed E-state index contributed by atoms with van der Waals surface area (Å²) in [4.78, 5) is 58.1. The van der Waals surface area contributed by atoms with E-state index in [0.29, 0.717) is 11.4 Å². The van der Waals surface area contributed by atoms with Crippen molar-refractivity contribution in [2.75, 3.05) is 49.9 Å². The number of hydrogen-bond donors (Lipinski definition) is 4. The van der Waals surface area contributed by atoms with Crippen LogP contribution in [0.5, 0.6) is 0 Å². The van der Waals surface area contributed by atoms with Crippen LogP contribution in [0.4, 0.5) is 11.4 Å². The number of nitrogens with zero attached hydrogens (tertiary/aromatic N) is 2. The molecule has 0 aromatic heterocycles. The predicted molar refractivity (Wildman–Crippen MR) is 103 cm³/mol. The van der Waals surface area contributed by atoms with Crippen LogP contribution in [0.15, 0.2) is 24.3 Å². The number of aliphatic carboxylic acids is 3. The molecule has 12 nitrogen and oxygen atoms in total. The van der Waals surface area contributed by atoms with Crippen LogP contribution < -0.4 is 15.7 Å². The summed E-state index contributed by atoms with van der Waals surface area (Å²) in [6.45, 7) is 0.138. The van der Waals surface area contributed by atoms with Crippen LogP contribution in [0.25, 0.3) is 0 Å². The van der Waals surface area contributed by atoms with Crippen LogP contribution in [0.3, 0.4) is 0 Å². The van der Waals surface area contributed by atoms with E-state index in [4.69, 9.17) is 20.1 Å². The molecule has 1 aliphatic rings. The zero-order valence-electron chi connectivity index (χ0n) is 16.7. The Morgan fingerprint density at radius 2 is 1.23 bits per heavy atom. The Hall–Kier alpha value is -2.99. The number of fused-ring (bicyclic) bond motifs is 1. The zero-order chi connectivity index (χ0) is 22.7. The summed E-state index contributed by atoms with van der Waals surface area (Å²) in [6.07, 6.45) is 0. The van der Waals surface area contributed by atoms with Crippen molar-refractivity contribution in [2.24, 2.45) is 0 Å². The van der Waals surface area contributed by atoms with Crippen molar-refractivity contribution in [3.8, 4) is 0 Å². The van der Waals surface area contributed by atoms with Crippen LogP contribution in [0.1, 0.15) is 6.92 Å². The Morgan fingerprint density at radius 3 is 1.52 bits per heavy atom. The fraction of sp³-hybridized carbons (Fsp3) is 0.389. The summed E-state index contributed by atoms with van der Waals surface area (Å²) < 4.78 is 0. The molecule has 1 aliphatic heterocycles. The van der Waals surface area contributed by atoms with Gasteiger partial charge in [-0.1, -0.05) is 12.1 Å². The van der Waals surface area contributed by atoms with Gasteiger partial charge in [-0.15, -0.1) is 0 Å². The molecular weight excluding hydrogens is 455 g/mol. The van der Waals surface area contributed by atoms with E-state index in [1.54, 1.807) is 24.3 Å². The van der Waals surface area contributed by atoms with Gasteiger partial charge in [-0.05, 0) is 19.1 Å². The number of carbonyl (C=O) groups excluding carboxylic acids is 3. The topological polar surface area (TPSA) is 179 Å². The van der Waals surface area contributed by atoms with Crippen molar-refractivity contribution in [3.63, 3.8) is 0 Å². The monoisotopic (exact) mass is 478 g/mol. The molecule has 171 valence electrons. The van der Waals surface area contributed by atoms with E-state index in [-0.39, 0.29) is 56.3 Å². The summed E-state index contributed by atoms with van der Waals surface area (Å²) in [5.41, 5.74) is 0.762. The van der Waals surface area contributed by atoms with Gasteiger partial charge in [0.25, 0.3) is 0 Å². The quantitative estimate of drug-likeness (QED) is 0.357. The average Bonchev–Trinajstić information content (AvgIpc) is 2.58. The van der Waals surface area contributed by atoms with Gasteiger partial charge in [0.05, 0.1) is 37.6 Å². The van der Waals surface area contributed by atoms with Gasteiger partial charge in [-0.2, -0.15) is 0 Å².